The zero-order chi connectivity index (χ0) is 16.8. The van der Waals surface area contributed by atoms with E-state index in [1.807, 2.05) is 0 Å². The van der Waals surface area contributed by atoms with Crippen molar-refractivity contribution in [3.63, 3.8) is 0 Å². The van der Waals surface area contributed by atoms with E-state index < -0.39 is 45.1 Å². The highest BCUT2D eigenvalue weighted by atomic mass is 31.2. The summed E-state index contributed by atoms with van der Waals surface area (Å²) in [5.41, 5.74) is 0. The molecular formula is C2H6O15P4. The molecule has 0 fully saturated rings. The topological polar surface area (TPSA) is 241 Å². The number of hydrogen-bond acceptors (Lipinski definition) is 11. The van der Waals surface area contributed by atoms with Crippen LogP contribution in [0.3, 0.4) is 0 Å². The molecule has 0 radical (unpaired) electrons. The Hall–Kier alpha value is 0.220. The maximum absolute atomic E-state index is 10.5. The molecule has 0 saturated heterocycles. The van der Waals surface area contributed by atoms with Gasteiger partial charge in [0.05, 0.1) is 0 Å². The van der Waals surface area contributed by atoms with Gasteiger partial charge in [0.2, 0.25) is 0 Å². The molecule has 0 aliphatic rings. The number of rotatable bonds is 10. The lowest BCUT2D eigenvalue weighted by molar-refractivity contribution is -0.338. The molecule has 4 unspecified atom stereocenters. The van der Waals surface area contributed by atoms with Crippen molar-refractivity contribution in [2.75, 3.05) is 0 Å². The van der Waals surface area contributed by atoms with E-state index in [9.17, 15) is 28.0 Å². The van der Waals surface area contributed by atoms with E-state index in [0.717, 1.165) is 0 Å². The van der Waals surface area contributed by atoms with Crippen LogP contribution in [0.1, 0.15) is 0 Å². The van der Waals surface area contributed by atoms with Crippen molar-refractivity contribution in [3.05, 3.63) is 0 Å². The van der Waals surface area contributed by atoms with Gasteiger partial charge in [-0.25, -0.2) is 18.2 Å². The van der Waals surface area contributed by atoms with E-state index in [2.05, 4.69) is 22.8 Å². The summed E-state index contributed by atoms with van der Waals surface area (Å²) >= 11 is 0. The fraction of sp³-hybridized carbons (Fsp3) is 1.00. The van der Waals surface area contributed by atoms with Gasteiger partial charge in [-0.15, -0.1) is 0 Å². The molecule has 4 atom stereocenters. The second kappa shape index (κ2) is 8.75. The van der Waals surface area contributed by atoms with Crippen molar-refractivity contribution in [1.82, 2.24) is 0 Å². The molecule has 4 N–H and O–H groups in total. The van der Waals surface area contributed by atoms with E-state index >= 15 is 0 Å². The van der Waals surface area contributed by atoms with Gasteiger partial charge in [-0.3, -0.25) is 4.74 Å². The molecule has 15 nitrogen and oxygen atoms in total. The van der Waals surface area contributed by atoms with Crippen molar-refractivity contribution < 1.29 is 70.5 Å². The first kappa shape index (κ1) is 21.2. The first-order valence-corrected chi connectivity index (χ1v) is 9.29. The average Bonchev–Trinajstić information content (AvgIpc) is 2.07. The highest BCUT2D eigenvalue weighted by molar-refractivity contribution is 7.46. The minimum Gasteiger partial charge on any atom is -0.566 e. The molecule has 0 aliphatic carbocycles. The van der Waals surface area contributed by atoms with Crippen LogP contribution in [-0.2, 0) is 41.1 Å². The summed E-state index contributed by atoms with van der Waals surface area (Å²) in [6.07, 6.45) is 0. The van der Waals surface area contributed by atoms with E-state index in [1.54, 1.807) is 0 Å². The third-order valence-corrected chi connectivity index (χ3v) is 2.60. The van der Waals surface area contributed by atoms with Crippen LogP contribution in [0, 0.1) is 0 Å². The van der Waals surface area contributed by atoms with E-state index in [-0.39, 0.29) is 0 Å². The van der Waals surface area contributed by atoms with Gasteiger partial charge in [-0.05, 0) is 9.13 Å². The summed E-state index contributed by atoms with van der Waals surface area (Å²) in [6.45, 7) is -5.64. The summed E-state index contributed by atoms with van der Waals surface area (Å²) in [6, 6.07) is 0. The van der Waals surface area contributed by atoms with Gasteiger partial charge in [0.15, 0.2) is 0 Å². The van der Waals surface area contributed by atoms with Crippen LogP contribution < -0.4 is 9.79 Å². The van der Waals surface area contributed by atoms with Crippen LogP contribution in [0.5, 0.6) is 0 Å². The molecule has 0 aromatic rings. The van der Waals surface area contributed by atoms with Gasteiger partial charge in [0, 0.05) is 0 Å². The van der Waals surface area contributed by atoms with Gasteiger partial charge in [0.25, 0.3) is 0 Å². The zero-order valence-corrected chi connectivity index (χ0v) is 12.8. The van der Waals surface area contributed by atoms with Crippen LogP contribution in [0.25, 0.3) is 0 Å². The Kier molecular flexibility index (Phi) is 8.84. The van der Waals surface area contributed by atoms with Crippen molar-refractivity contribution in [3.8, 4) is 0 Å². The summed E-state index contributed by atoms with van der Waals surface area (Å²) < 4.78 is 59.9. The summed E-state index contributed by atoms with van der Waals surface area (Å²) in [7, 11) is -18.4. The van der Waals surface area contributed by atoms with Gasteiger partial charge in [-0.1, -0.05) is 9.05 Å². The molecule has 0 amide bonds. The molecule has 0 bridgehead atoms. The summed E-state index contributed by atoms with van der Waals surface area (Å²) in [5, 5.41) is 0. The molecule has 124 valence electrons. The normalized spacial score (nSPS) is 17.2. The lowest BCUT2D eigenvalue weighted by Crippen LogP contribution is -2.28. The Labute approximate surface area is 116 Å². The SMILES string of the molecule is O=[P+]([O-])OC(OC(O[P+](=O)[O-])OP(=O)(O)O)OP(=O)(O)O. The number of ether oxygens (including phenoxy) is 1. The Morgan fingerprint density at radius 1 is 0.810 bits per heavy atom. The first-order chi connectivity index (χ1) is 9.28. The highest BCUT2D eigenvalue weighted by Crippen LogP contribution is 2.43. The van der Waals surface area contributed by atoms with E-state index in [0.29, 0.717) is 0 Å². The van der Waals surface area contributed by atoms with Crippen molar-refractivity contribution >= 4 is 32.2 Å². The van der Waals surface area contributed by atoms with Crippen LogP contribution in [0.2, 0.25) is 0 Å². The largest absolute Gasteiger partial charge is 0.566 e. The molecule has 0 saturated carbocycles. The lowest BCUT2D eigenvalue weighted by Gasteiger charge is -2.18. The van der Waals surface area contributed by atoms with Crippen LogP contribution in [-0.4, -0.2) is 32.5 Å². The predicted octanol–water partition coefficient (Wildman–Crippen LogP) is -2.14. The zero-order valence-electron chi connectivity index (χ0n) is 9.22. The fourth-order valence-corrected chi connectivity index (χ4v) is 1.83. The second-order valence-corrected chi connectivity index (χ2v) is 6.26. The second-order valence-electron chi connectivity index (χ2n) is 2.56. The minimum absolute atomic E-state index is 2.82. The number of phosphoric acid groups is 2. The molecule has 0 heterocycles. The monoisotopic (exact) mass is 394 g/mol. The molecule has 0 rings (SSSR count). The quantitative estimate of drug-likeness (QED) is 0.228. The molecule has 0 aromatic carbocycles. The van der Waals surface area contributed by atoms with Gasteiger partial charge < -0.3 is 29.4 Å². The molecular weight excluding hydrogens is 388 g/mol. The van der Waals surface area contributed by atoms with Crippen molar-refractivity contribution in [2.24, 2.45) is 0 Å². The molecule has 0 aliphatic heterocycles. The van der Waals surface area contributed by atoms with Crippen LogP contribution >= 0.6 is 32.2 Å². The van der Waals surface area contributed by atoms with E-state index in [4.69, 9.17) is 19.6 Å². The number of phosphoric ester groups is 2. The molecule has 21 heavy (non-hydrogen) atoms. The van der Waals surface area contributed by atoms with E-state index in [1.165, 1.54) is 0 Å². The molecule has 19 heteroatoms. The Morgan fingerprint density at radius 3 is 1.29 bits per heavy atom. The average molecular weight is 394 g/mol. The Morgan fingerprint density at radius 2 is 1.10 bits per heavy atom. The molecule has 0 spiro atoms. The Bertz CT molecular complexity index is 416. The van der Waals surface area contributed by atoms with Crippen molar-refractivity contribution in [2.45, 2.75) is 13.0 Å². The lowest BCUT2D eigenvalue weighted by atomic mass is 11.2. The third-order valence-electron chi connectivity index (χ3n) is 1.01. The van der Waals surface area contributed by atoms with Gasteiger partial charge in [0.1, 0.15) is 0 Å². The number of hydrogen-bond donors (Lipinski definition) is 4. The predicted molar refractivity (Wildman–Crippen MR) is 52.3 cm³/mol. The summed E-state index contributed by atoms with van der Waals surface area (Å²) in [4.78, 5) is 54.1. The smallest absolute Gasteiger partial charge is 0.493 e. The Balaban J connectivity index is 5.00. The third kappa shape index (κ3) is 13.6. The minimum atomic E-state index is -5.39. The van der Waals surface area contributed by atoms with Crippen LogP contribution in [0.15, 0.2) is 0 Å². The standard InChI is InChI=1S/C2H6O15P4/c3-18(4)14-1(16-20(7,8)9)13-2(15-19(5)6)17-21(10,11)12/h1-2H,(H2,7,8,9)(H2,10,11,12). The highest BCUT2D eigenvalue weighted by Gasteiger charge is 2.37. The maximum atomic E-state index is 10.5. The van der Waals surface area contributed by atoms with Gasteiger partial charge >= 0.3 is 45.1 Å². The van der Waals surface area contributed by atoms with Crippen LogP contribution in [0.4, 0.5) is 0 Å². The first-order valence-electron chi connectivity index (χ1n) is 4.04. The molecule has 0 aromatic heterocycles. The summed E-state index contributed by atoms with van der Waals surface area (Å²) in [5.74, 6) is 0. The van der Waals surface area contributed by atoms with Crippen molar-refractivity contribution in [1.29, 1.82) is 0 Å². The fourth-order valence-electron chi connectivity index (χ4n) is 0.593. The van der Waals surface area contributed by atoms with Gasteiger partial charge in [-0.2, -0.15) is 0 Å². The maximum Gasteiger partial charge on any atom is 0.493 e.